The molecule has 2 aromatic carbocycles. The van der Waals surface area contributed by atoms with Gasteiger partial charge in [0.1, 0.15) is 5.69 Å². The van der Waals surface area contributed by atoms with Gasteiger partial charge in [0, 0.05) is 18.0 Å². The summed E-state index contributed by atoms with van der Waals surface area (Å²) in [5.41, 5.74) is 0.955. The molecule has 2 aromatic heterocycles. The van der Waals surface area contributed by atoms with E-state index in [9.17, 15) is 23.2 Å². The minimum absolute atomic E-state index is 0.165. The fourth-order valence-corrected chi connectivity index (χ4v) is 4.12. The summed E-state index contributed by atoms with van der Waals surface area (Å²) in [6.07, 6.45) is -0.671. The van der Waals surface area contributed by atoms with Crippen molar-refractivity contribution >= 4 is 11.6 Å². The quantitative estimate of drug-likeness (QED) is 0.323. The van der Waals surface area contributed by atoms with Crippen molar-refractivity contribution in [1.29, 1.82) is 5.26 Å². The van der Waals surface area contributed by atoms with Gasteiger partial charge in [-0.15, -0.1) is 0 Å². The molecule has 5 rings (SSSR count). The Labute approximate surface area is 216 Å². The lowest BCUT2D eigenvalue weighted by Gasteiger charge is -2.20. The molecule has 10 heteroatoms. The molecule has 2 heterocycles. The fraction of sp³-hybridized carbons (Fsp3) is 0.214. The molecule has 1 amide bonds. The highest BCUT2D eigenvalue weighted by Gasteiger charge is 2.36. The number of rotatable bonds is 8. The molecule has 192 valence electrons. The summed E-state index contributed by atoms with van der Waals surface area (Å²) >= 11 is 0. The normalized spacial score (nSPS) is 14.1. The summed E-state index contributed by atoms with van der Waals surface area (Å²) in [7, 11) is 0. The smallest absolute Gasteiger partial charge is 0.321 e. The number of anilines is 1. The summed E-state index contributed by atoms with van der Waals surface area (Å²) in [5.74, 6) is -0.139. The van der Waals surface area contributed by atoms with Gasteiger partial charge < -0.3 is 10.6 Å². The predicted molar refractivity (Wildman–Crippen MR) is 134 cm³/mol. The van der Waals surface area contributed by atoms with Crippen LogP contribution in [0.25, 0.3) is 5.69 Å². The number of benzene rings is 2. The molecule has 0 spiro atoms. The van der Waals surface area contributed by atoms with E-state index in [1.807, 2.05) is 30.3 Å². The number of nitrogens with one attached hydrogen (secondary N) is 2. The number of hydrogen-bond acceptors (Lipinski definition) is 5. The first-order chi connectivity index (χ1) is 18.3. The molecule has 7 nitrogen and oxygen atoms in total. The molecule has 38 heavy (non-hydrogen) atoms. The molecule has 1 unspecified atom stereocenters. The zero-order valence-corrected chi connectivity index (χ0v) is 20.1. The van der Waals surface area contributed by atoms with E-state index in [0.717, 1.165) is 22.5 Å². The Balaban J connectivity index is 1.45. The molecule has 0 radical (unpaired) electrons. The number of nitrogens with zero attached hydrogens (tertiary/aromatic N) is 4. The molecule has 1 aliphatic rings. The van der Waals surface area contributed by atoms with Gasteiger partial charge in [0.05, 0.1) is 29.1 Å². The van der Waals surface area contributed by atoms with E-state index in [-0.39, 0.29) is 23.0 Å². The first-order valence-electron chi connectivity index (χ1n) is 12.1. The van der Waals surface area contributed by atoms with E-state index in [0.29, 0.717) is 17.7 Å². The molecule has 4 aromatic rings. The second kappa shape index (κ2) is 10.5. The van der Waals surface area contributed by atoms with Crippen LogP contribution in [0.5, 0.6) is 0 Å². The SMILES string of the molecule is N#Cc1cccc(-n2nc(C(F)(F)F)cc2C(=O)Nc2cccc(C(NCC3CC3)c3ccccn3)c2)c1. The van der Waals surface area contributed by atoms with Crippen LogP contribution < -0.4 is 10.6 Å². The van der Waals surface area contributed by atoms with Gasteiger partial charge in [-0.25, -0.2) is 4.68 Å². The summed E-state index contributed by atoms with van der Waals surface area (Å²) in [6.45, 7) is 0.832. The summed E-state index contributed by atoms with van der Waals surface area (Å²) < 4.78 is 41.4. The van der Waals surface area contributed by atoms with Gasteiger partial charge in [-0.1, -0.05) is 24.3 Å². The number of alkyl halides is 3. The summed E-state index contributed by atoms with van der Waals surface area (Å²) in [5, 5.41) is 19.1. The molecular weight excluding hydrogens is 493 g/mol. The van der Waals surface area contributed by atoms with Gasteiger partial charge in [0.25, 0.3) is 5.91 Å². The number of carbonyl (C=O) groups is 1. The summed E-state index contributed by atoms with van der Waals surface area (Å²) in [4.78, 5) is 17.7. The Kier molecular flexibility index (Phi) is 6.94. The van der Waals surface area contributed by atoms with Crippen LogP contribution in [0.3, 0.4) is 0 Å². The van der Waals surface area contributed by atoms with E-state index in [1.54, 1.807) is 24.4 Å². The van der Waals surface area contributed by atoms with Crippen molar-refractivity contribution < 1.29 is 18.0 Å². The Morgan fingerprint density at radius 2 is 1.89 bits per heavy atom. The number of hydrogen-bond donors (Lipinski definition) is 2. The van der Waals surface area contributed by atoms with Crippen molar-refractivity contribution in [3.63, 3.8) is 0 Å². The van der Waals surface area contributed by atoms with Crippen LogP contribution >= 0.6 is 0 Å². The second-order valence-corrected chi connectivity index (χ2v) is 9.11. The van der Waals surface area contributed by atoms with Gasteiger partial charge >= 0.3 is 6.18 Å². The van der Waals surface area contributed by atoms with Crippen LogP contribution in [-0.4, -0.2) is 27.2 Å². The number of carbonyl (C=O) groups excluding carboxylic acids is 1. The van der Waals surface area contributed by atoms with Crippen LogP contribution in [0.1, 0.15) is 51.9 Å². The number of halogens is 3. The second-order valence-electron chi connectivity index (χ2n) is 9.11. The topological polar surface area (TPSA) is 95.6 Å². The highest BCUT2D eigenvalue weighted by atomic mass is 19.4. The van der Waals surface area contributed by atoms with Gasteiger partial charge in [-0.2, -0.15) is 23.5 Å². The van der Waals surface area contributed by atoms with Gasteiger partial charge in [-0.3, -0.25) is 9.78 Å². The molecule has 2 N–H and O–H groups in total. The first kappa shape index (κ1) is 25.2. The van der Waals surface area contributed by atoms with Crippen LogP contribution in [0.4, 0.5) is 18.9 Å². The lowest BCUT2D eigenvalue weighted by atomic mass is 10.0. The van der Waals surface area contributed by atoms with E-state index in [1.165, 1.54) is 37.1 Å². The highest BCUT2D eigenvalue weighted by molar-refractivity contribution is 6.03. The first-order valence-corrected chi connectivity index (χ1v) is 12.1. The third-order valence-corrected chi connectivity index (χ3v) is 6.22. The van der Waals surface area contributed by atoms with Gasteiger partial charge in [0.2, 0.25) is 0 Å². The Hall–Kier alpha value is -4.49. The van der Waals surface area contributed by atoms with Crippen LogP contribution in [0, 0.1) is 17.2 Å². The molecule has 1 atom stereocenters. The molecular formula is C28H23F3N6O. The molecule has 0 saturated heterocycles. The van der Waals surface area contributed by atoms with E-state index < -0.39 is 17.8 Å². The lowest BCUT2D eigenvalue weighted by molar-refractivity contribution is -0.141. The number of nitriles is 1. The van der Waals surface area contributed by atoms with Crippen LogP contribution in [0.15, 0.2) is 79.0 Å². The molecule has 1 saturated carbocycles. The average Bonchev–Trinajstić information content (AvgIpc) is 3.63. The standard InChI is InChI=1S/C28H23F3N6O/c29-28(30,31)25-15-24(37(36-25)22-8-3-5-19(13-22)16-32)27(38)35-21-7-4-6-20(14-21)26(34-17-18-10-11-18)23-9-1-2-12-33-23/h1-9,12-15,18,26,34H,10-11,17H2,(H,35,38). The van der Waals surface area contributed by atoms with E-state index >= 15 is 0 Å². The average molecular weight is 517 g/mol. The van der Waals surface area contributed by atoms with Crippen molar-refractivity contribution in [3.05, 3.63) is 107 Å². The number of amides is 1. The maximum atomic E-state index is 13.5. The largest absolute Gasteiger partial charge is 0.435 e. The van der Waals surface area contributed by atoms with Crippen LogP contribution in [-0.2, 0) is 6.18 Å². The molecule has 1 fully saturated rings. The minimum atomic E-state index is -4.75. The monoisotopic (exact) mass is 516 g/mol. The predicted octanol–water partition coefficient (Wildman–Crippen LogP) is 5.50. The highest BCUT2D eigenvalue weighted by Crippen LogP contribution is 2.31. The van der Waals surface area contributed by atoms with Crippen molar-refractivity contribution in [2.75, 3.05) is 11.9 Å². The number of pyridine rings is 1. The lowest BCUT2D eigenvalue weighted by Crippen LogP contribution is -2.25. The third kappa shape index (κ3) is 5.74. The van der Waals surface area contributed by atoms with Crippen molar-refractivity contribution in [2.45, 2.75) is 25.1 Å². The summed E-state index contributed by atoms with van der Waals surface area (Å²) in [6, 6.07) is 21.1. The van der Waals surface area contributed by atoms with Crippen molar-refractivity contribution in [2.24, 2.45) is 5.92 Å². The molecule has 0 aliphatic heterocycles. The third-order valence-electron chi connectivity index (χ3n) is 6.22. The Bertz CT molecular complexity index is 1490. The maximum Gasteiger partial charge on any atom is 0.435 e. The van der Waals surface area contributed by atoms with E-state index in [4.69, 9.17) is 0 Å². The zero-order chi connectivity index (χ0) is 26.7. The molecule has 1 aliphatic carbocycles. The fourth-order valence-electron chi connectivity index (χ4n) is 4.12. The minimum Gasteiger partial charge on any atom is -0.321 e. The maximum absolute atomic E-state index is 13.5. The van der Waals surface area contributed by atoms with Crippen molar-refractivity contribution in [3.8, 4) is 11.8 Å². The molecule has 0 bridgehead atoms. The Morgan fingerprint density at radius 3 is 2.61 bits per heavy atom. The van der Waals surface area contributed by atoms with Gasteiger partial charge in [-0.05, 0) is 73.3 Å². The number of aromatic nitrogens is 3. The van der Waals surface area contributed by atoms with Gasteiger partial charge in [0.15, 0.2) is 5.69 Å². The van der Waals surface area contributed by atoms with Crippen molar-refractivity contribution in [1.82, 2.24) is 20.1 Å². The van der Waals surface area contributed by atoms with E-state index in [2.05, 4.69) is 20.7 Å². The Morgan fingerprint density at radius 1 is 1.08 bits per heavy atom. The zero-order valence-electron chi connectivity index (χ0n) is 20.1. The van der Waals surface area contributed by atoms with Crippen LogP contribution in [0.2, 0.25) is 0 Å².